The zero-order valence-corrected chi connectivity index (χ0v) is 9.78. The van der Waals surface area contributed by atoms with Crippen molar-refractivity contribution in [2.45, 2.75) is 6.92 Å². The van der Waals surface area contributed by atoms with Crippen LogP contribution in [0.5, 0.6) is 0 Å². The van der Waals surface area contributed by atoms with Gasteiger partial charge in [0.2, 0.25) is 0 Å². The summed E-state index contributed by atoms with van der Waals surface area (Å²) in [6.07, 6.45) is 2.41. The summed E-state index contributed by atoms with van der Waals surface area (Å²) < 4.78 is 5.63. The van der Waals surface area contributed by atoms with E-state index in [0.717, 1.165) is 17.2 Å². The van der Waals surface area contributed by atoms with Crippen molar-refractivity contribution >= 4 is 40.0 Å². The first-order valence-corrected chi connectivity index (χ1v) is 5.51. The third-order valence-corrected chi connectivity index (χ3v) is 3.00. The summed E-state index contributed by atoms with van der Waals surface area (Å²) in [6.45, 7) is 1.93. The van der Waals surface area contributed by atoms with Crippen LogP contribution in [0, 0.1) is 6.92 Å². The lowest BCUT2D eigenvalue weighted by molar-refractivity contribution is 0.112. The van der Waals surface area contributed by atoms with Gasteiger partial charge >= 0.3 is 0 Å². The Hall–Kier alpha value is -1.87. The molecule has 0 unspecified atom stereocenters. The highest BCUT2D eigenvalue weighted by Crippen LogP contribution is 2.33. The number of carbonyl (C=O) groups is 1. The molecule has 1 aromatic carbocycles. The molecule has 0 radical (unpaired) electrons. The highest BCUT2D eigenvalue weighted by molar-refractivity contribution is 6.35. The van der Waals surface area contributed by atoms with Crippen LogP contribution in [0.2, 0.25) is 5.02 Å². The van der Waals surface area contributed by atoms with E-state index in [1.807, 2.05) is 13.0 Å². The first-order chi connectivity index (χ1) is 8.20. The Bertz CT molecular complexity index is 746. The van der Waals surface area contributed by atoms with Crippen LogP contribution in [0.3, 0.4) is 0 Å². The van der Waals surface area contributed by atoms with E-state index in [2.05, 4.69) is 4.98 Å². The Morgan fingerprint density at radius 3 is 2.94 bits per heavy atom. The number of rotatable bonds is 1. The molecular weight excluding hydrogens is 238 g/mol. The van der Waals surface area contributed by atoms with Gasteiger partial charge in [0.15, 0.2) is 11.9 Å². The van der Waals surface area contributed by atoms with Crippen molar-refractivity contribution in [1.82, 2.24) is 4.98 Å². The van der Waals surface area contributed by atoms with E-state index in [9.17, 15) is 4.79 Å². The third kappa shape index (κ3) is 1.43. The number of hydrogen-bond acceptors (Lipinski definition) is 3. The van der Waals surface area contributed by atoms with Gasteiger partial charge in [-0.15, -0.1) is 0 Å². The molecule has 2 aromatic heterocycles. The lowest BCUT2D eigenvalue weighted by Crippen LogP contribution is -1.83. The number of hydrogen-bond donors (Lipinski definition) is 0. The van der Waals surface area contributed by atoms with E-state index in [-0.39, 0.29) is 0 Å². The van der Waals surface area contributed by atoms with Crippen LogP contribution in [-0.4, -0.2) is 11.3 Å². The molecule has 0 fully saturated rings. The largest absolute Gasteiger partial charge is 0.452 e. The van der Waals surface area contributed by atoms with Crippen LogP contribution in [0.4, 0.5) is 0 Å². The van der Waals surface area contributed by atoms with E-state index in [1.54, 1.807) is 18.3 Å². The topological polar surface area (TPSA) is 43.1 Å². The summed E-state index contributed by atoms with van der Waals surface area (Å²) in [5, 5.41) is 1.32. The second-order valence-corrected chi connectivity index (χ2v) is 4.33. The zero-order chi connectivity index (χ0) is 12.0. The second kappa shape index (κ2) is 3.57. The highest BCUT2D eigenvalue weighted by Gasteiger charge is 2.14. The minimum atomic E-state index is 0.501. The molecule has 3 rings (SSSR count). The van der Waals surface area contributed by atoms with E-state index >= 15 is 0 Å². The number of pyridine rings is 1. The minimum Gasteiger partial charge on any atom is -0.452 e. The lowest BCUT2D eigenvalue weighted by Gasteiger charge is -1.95. The Labute approximate surface area is 102 Å². The molecule has 0 aliphatic carbocycles. The summed E-state index contributed by atoms with van der Waals surface area (Å²) in [7, 11) is 0. The molecule has 0 spiro atoms. The monoisotopic (exact) mass is 245 g/mol. The normalized spacial score (nSPS) is 11.2. The minimum absolute atomic E-state index is 0.501. The molecule has 0 atom stereocenters. The molecule has 0 aliphatic heterocycles. The smallest absolute Gasteiger partial charge is 0.172 e. The van der Waals surface area contributed by atoms with Crippen LogP contribution in [0.1, 0.15) is 15.9 Å². The predicted octanol–water partition coefficient (Wildman–Crippen LogP) is 3.76. The summed E-state index contributed by atoms with van der Waals surface area (Å²) in [5.74, 6) is 0. The Balaban J connectivity index is 2.60. The molecule has 3 aromatic rings. The maximum atomic E-state index is 11.0. The van der Waals surface area contributed by atoms with E-state index < -0.39 is 0 Å². The number of nitrogens with zero attached hydrogens (tertiary/aromatic N) is 1. The zero-order valence-electron chi connectivity index (χ0n) is 9.03. The van der Waals surface area contributed by atoms with E-state index in [4.69, 9.17) is 16.0 Å². The molecular formula is C13H8ClNO2. The van der Waals surface area contributed by atoms with E-state index in [1.165, 1.54) is 0 Å². The average molecular weight is 246 g/mol. The van der Waals surface area contributed by atoms with Gasteiger partial charge in [-0.2, -0.15) is 0 Å². The number of aryl methyl sites for hydroxylation is 1. The summed E-state index contributed by atoms with van der Waals surface area (Å²) in [5.41, 5.74) is 3.27. The fourth-order valence-corrected chi connectivity index (χ4v) is 2.18. The van der Waals surface area contributed by atoms with Gasteiger partial charge in [-0.05, 0) is 30.7 Å². The molecule has 0 amide bonds. The quantitative estimate of drug-likeness (QED) is 0.613. The standard InChI is InChI=1S/C13H8ClNO2/c1-7-4-8(6-16)12-9(5-7)11-13(17-12)10(14)2-3-15-11/h2-6H,1H3. The SMILES string of the molecule is Cc1cc(C=O)c2oc3c(Cl)ccnc3c2c1. The molecule has 0 saturated heterocycles. The van der Waals surface area contributed by atoms with Crippen LogP contribution >= 0.6 is 11.6 Å². The highest BCUT2D eigenvalue weighted by atomic mass is 35.5. The number of furan rings is 1. The van der Waals surface area contributed by atoms with Gasteiger partial charge < -0.3 is 4.42 Å². The summed E-state index contributed by atoms with van der Waals surface area (Å²) in [4.78, 5) is 15.3. The number of carbonyl (C=O) groups excluding carboxylic acids is 1. The van der Waals surface area contributed by atoms with Gasteiger partial charge in [-0.1, -0.05) is 11.6 Å². The van der Waals surface area contributed by atoms with Gasteiger partial charge in [0.25, 0.3) is 0 Å². The molecule has 4 heteroatoms. The molecule has 0 N–H and O–H groups in total. The first-order valence-electron chi connectivity index (χ1n) is 5.13. The molecule has 3 nitrogen and oxygen atoms in total. The molecule has 0 saturated carbocycles. The maximum Gasteiger partial charge on any atom is 0.172 e. The van der Waals surface area contributed by atoms with Crippen molar-refractivity contribution in [2.75, 3.05) is 0 Å². The lowest BCUT2D eigenvalue weighted by atomic mass is 10.1. The fraction of sp³-hybridized carbons (Fsp3) is 0.0769. The van der Waals surface area contributed by atoms with Crippen LogP contribution in [0.15, 0.2) is 28.8 Å². The van der Waals surface area contributed by atoms with Crippen molar-refractivity contribution in [1.29, 1.82) is 0 Å². The van der Waals surface area contributed by atoms with Gasteiger partial charge in [-0.3, -0.25) is 9.78 Å². The summed E-state index contributed by atoms with van der Waals surface area (Å²) >= 11 is 6.04. The van der Waals surface area contributed by atoms with Crippen molar-refractivity contribution in [3.05, 3.63) is 40.5 Å². The van der Waals surface area contributed by atoms with Crippen molar-refractivity contribution in [2.24, 2.45) is 0 Å². The number of fused-ring (bicyclic) bond motifs is 3. The second-order valence-electron chi connectivity index (χ2n) is 3.92. The molecule has 0 aliphatic rings. The average Bonchev–Trinajstić information content (AvgIpc) is 2.68. The number of aldehydes is 1. The number of benzene rings is 1. The summed E-state index contributed by atoms with van der Waals surface area (Å²) in [6, 6.07) is 5.39. The number of aromatic nitrogens is 1. The van der Waals surface area contributed by atoms with Crippen LogP contribution in [0.25, 0.3) is 22.1 Å². The third-order valence-electron chi connectivity index (χ3n) is 2.70. The van der Waals surface area contributed by atoms with Crippen LogP contribution < -0.4 is 0 Å². The van der Waals surface area contributed by atoms with Gasteiger partial charge in [0.05, 0.1) is 10.6 Å². The first kappa shape index (κ1) is 10.3. The van der Waals surface area contributed by atoms with Crippen molar-refractivity contribution < 1.29 is 9.21 Å². The maximum absolute atomic E-state index is 11.0. The van der Waals surface area contributed by atoms with Gasteiger partial charge in [0.1, 0.15) is 11.1 Å². The van der Waals surface area contributed by atoms with E-state index in [0.29, 0.717) is 27.3 Å². The van der Waals surface area contributed by atoms with Gasteiger partial charge in [-0.25, -0.2) is 0 Å². The van der Waals surface area contributed by atoms with Gasteiger partial charge in [0, 0.05) is 11.6 Å². The Kier molecular flexibility index (Phi) is 2.16. The molecule has 2 heterocycles. The van der Waals surface area contributed by atoms with Crippen molar-refractivity contribution in [3.63, 3.8) is 0 Å². The number of halogens is 1. The predicted molar refractivity (Wildman–Crippen MR) is 66.6 cm³/mol. The Morgan fingerprint density at radius 1 is 1.35 bits per heavy atom. The fourth-order valence-electron chi connectivity index (χ4n) is 1.99. The molecule has 17 heavy (non-hydrogen) atoms. The van der Waals surface area contributed by atoms with Crippen molar-refractivity contribution in [3.8, 4) is 0 Å². The molecule has 84 valence electrons. The van der Waals surface area contributed by atoms with Crippen LogP contribution in [-0.2, 0) is 0 Å². The molecule has 0 bridgehead atoms. The Morgan fingerprint density at radius 2 is 2.18 bits per heavy atom.